The zero-order chi connectivity index (χ0) is 24.7. The number of rotatable bonds is 11. The number of ether oxygens (including phenoxy) is 4. The normalized spacial score (nSPS) is 11.3. The first-order valence-corrected chi connectivity index (χ1v) is 11.9. The predicted octanol–water partition coefficient (Wildman–Crippen LogP) is 6.00. The van der Waals surface area contributed by atoms with Gasteiger partial charge in [-0.15, -0.1) is 0 Å². The van der Waals surface area contributed by atoms with Gasteiger partial charge in [0.05, 0.1) is 12.2 Å². The van der Waals surface area contributed by atoms with Crippen molar-refractivity contribution < 1.29 is 28.5 Å². The number of carbonyl (C=O) groups excluding carboxylic acids is 2. The zero-order valence-corrected chi connectivity index (χ0v) is 20.7. The number of aryl methyl sites for hydroxylation is 1. The Morgan fingerprint density at radius 3 is 1.82 bits per heavy atom. The third kappa shape index (κ3) is 6.19. The average molecular weight is 467 g/mol. The van der Waals surface area contributed by atoms with Gasteiger partial charge in [-0.05, 0) is 46.1 Å². The summed E-state index contributed by atoms with van der Waals surface area (Å²) >= 11 is 0. The molecule has 0 aliphatic heterocycles. The summed E-state index contributed by atoms with van der Waals surface area (Å²) in [7, 11) is 0. The van der Waals surface area contributed by atoms with Gasteiger partial charge in [0.25, 0.3) is 0 Å². The Morgan fingerprint density at radius 1 is 0.735 bits per heavy atom. The Labute approximate surface area is 201 Å². The molecule has 0 radical (unpaired) electrons. The highest BCUT2D eigenvalue weighted by Gasteiger charge is 2.20. The molecule has 6 nitrogen and oxygen atoms in total. The van der Waals surface area contributed by atoms with Crippen LogP contribution >= 0.6 is 0 Å². The minimum atomic E-state index is -0.425. The zero-order valence-electron chi connectivity index (χ0n) is 20.7. The molecule has 0 aliphatic rings. The minimum Gasteiger partial charge on any atom is -0.481 e. The van der Waals surface area contributed by atoms with Crippen LogP contribution in [0.4, 0.5) is 0 Å². The van der Waals surface area contributed by atoms with Gasteiger partial charge in [-0.25, -0.2) is 9.59 Å². The molecular formula is C28H34O6. The quantitative estimate of drug-likeness (QED) is 0.255. The molecule has 0 saturated heterocycles. The van der Waals surface area contributed by atoms with Gasteiger partial charge in [0.2, 0.25) is 0 Å². The van der Waals surface area contributed by atoms with Crippen LogP contribution in [-0.2, 0) is 25.5 Å². The highest BCUT2D eigenvalue weighted by molar-refractivity contribution is 6.12. The predicted molar refractivity (Wildman–Crippen MR) is 134 cm³/mol. The fraction of sp³-hybridized carbons (Fsp3) is 0.429. The number of benzene rings is 3. The third-order valence-corrected chi connectivity index (χ3v) is 5.24. The second kappa shape index (κ2) is 11.7. The summed E-state index contributed by atoms with van der Waals surface area (Å²) in [5.41, 5.74) is 1.10. The maximum Gasteiger partial charge on any atom is 0.344 e. The van der Waals surface area contributed by atoms with Gasteiger partial charge in [0.1, 0.15) is 11.5 Å². The molecular weight excluding hydrogens is 432 g/mol. The van der Waals surface area contributed by atoms with E-state index in [1.807, 2.05) is 50.2 Å². The van der Waals surface area contributed by atoms with E-state index in [0.717, 1.165) is 46.4 Å². The average Bonchev–Trinajstić information content (AvgIpc) is 2.78. The molecule has 0 unspecified atom stereocenters. The molecule has 0 atom stereocenters. The van der Waals surface area contributed by atoms with Crippen molar-refractivity contribution in [1.82, 2.24) is 0 Å². The van der Waals surface area contributed by atoms with Gasteiger partial charge in [-0.1, -0.05) is 55.8 Å². The van der Waals surface area contributed by atoms with Gasteiger partial charge in [0.15, 0.2) is 13.2 Å². The van der Waals surface area contributed by atoms with Crippen LogP contribution in [0.3, 0.4) is 0 Å². The van der Waals surface area contributed by atoms with Crippen LogP contribution in [0.15, 0.2) is 42.5 Å². The summed E-state index contributed by atoms with van der Waals surface area (Å²) in [6.07, 6.45) is 2.48. The Morgan fingerprint density at radius 2 is 1.26 bits per heavy atom. The van der Waals surface area contributed by atoms with Crippen molar-refractivity contribution in [2.75, 3.05) is 13.2 Å². The lowest BCUT2D eigenvalue weighted by molar-refractivity contribution is -0.150. The fourth-order valence-electron chi connectivity index (χ4n) is 3.95. The number of hydrogen-bond donors (Lipinski definition) is 0. The molecule has 0 bridgehead atoms. The summed E-state index contributed by atoms with van der Waals surface area (Å²) in [4.78, 5) is 24.5. The smallest absolute Gasteiger partial charge is 0.344 e. The van der Waals surface area contributed by atoms with E-state index >= 15 is 0 Å². The van der Waals surface area contributed by atoms with Crippen molar-refractivity contribution in [2.45, 2.75) is 66.1 Å². The Hall–Kier alpha value is -3.28. The molecule has 0 spiro atoms. The molecule has 0 heterocycles. The molecule has 182 valence electrons. The van der Waals surface area contributed by atoms with Crippen LogP contribution in [0.2, 0.25) is 0 Å². The number of unbranched alkanes of at least 4 members (excludes halogenated alkanes) is 1. The standard InChI is InChI=1S/C28H34O6/c1-6-7-11-20-12-10-15-23-26(20)28(32-17-25(30)34-19(4)5)22-14-9-8-13-21(22)27(23)31-16-24(29)33-18(2)3/h8-10,12-15,18-19H,6-7,11,16-17H2,1-5H3. The van der Waals surface area contributed by atoms with E-state index in [4.69, 9.17) is 18.9 Å². The molecule has 0 amide bonds. The van der Waals surface area contributed by atoms with Crippen molar-refractivity contribution in [3.63, 3.8) is 0 Å². The SMILES string of the molecule is CCCCc1cccc2c(OCC(=O)OC(C)C)c3ccccc3c(OCC(=O)OC(C)C)c12. The summed E-state index contributed by atoms with van der Waals surface area (Å²) in [5.74, 6) is 0.373. The highest BCUT2D eigenvalue weighted by atomic mass is 16.6. The Bertz CT molecular complexity index is 1150. The number of carbonyl (C=O) groups is 2. The monoisotopic (exact) mass is 466 g/mol. The van der Waals surface area contributed by atoms with E-state index in [2.05, 4.69) is 13.0 Å². The molecule has 0 fully saturated rings. The van der Waals surface area contributed by atoms with E-state index in [1.54, 1.807) is 13.8 Å². The van der Waals surface area contributed by atoms with Crippen LogP contribution < -0.4 is 9.47 Å². The van der Waals surface area contributed by atoms with E-state index in [0.29, 0.717) is 11.5 Å². The van der Waals surface area contributed by atoms with E-state index in [-0.39, 0.29) is 25.4 Å². The molecule has 3 rings (SSSR count). The van der Waals surface area contributed by atoms with Crippen molar-refractivity contribution in [1.29, 1.82) is 0 Å². The lowest BCUT2D eigenvalue weighted by atomic mass is 9.94. The summed E-state index contributed by atoms with van der Waals surface area (Å²) in [6, 6.07) is 13.7. The van der Waals surface area contributed by atoms with Gasteiger partial charge in [-0.2, -0.15) is 0 Å². The lowest BCUT2D eigenvalue weighted by Gasteiger charge is -2.20. The van der Waals surface area contributed by atoms with Crippen LogP contribution in [-0.4, -0.2) is 37.4 Å². The second-order valence-corrected chi connectivity index (χ2v) is 8.80. The molecule has 0 aromatic heterocycles. The van der Waals surface area contributed by atoms with E-state index in [1.165, 1.54) is 0 Å². The fourth-order valence-corrected chi connectivity index (χ4v) is 3.95. The topological polar surface area (TPSA) is 71.1 Å². The lowest BCUT2D eigenvalue weighted by Crippen LogP contribution is -2.19. The van der Waals surface area contributed by atoms with Crippen LogP contribution in [0, 0.1) is 0 Å². The third-order valence-electron chi connectivity index (χ3n) is 5.24. The van der Waals surface area contributed by atoms with Crippen molar-refractivity contribution >= 4 is 33.5 Å². The van der Waals surface area contributed by atoms with E-state index in [9.17, 15) is 9.59 Å². The number of hydrogen-bond acceptors (Lipinski definition) is 6. The van der Waals surface area contributed by atoms with Gasteiger partial charge >= 0.3 is 11.9 Å². The van der Waals surface area contributed by atoms with Crippen molar-refractivity contribution in [3.05, 3.63) is 48.0 Å². The Balaban J connectivity index is 2.14. The first-order valence-electron chi connectivity index (χ1n) is 11.9. The summed E-state index contributed by atoms with van der Waals surface area (Å²) in [6.45, 7) is 8.98. The highest BCUT2D eigenvalue weighted by Crippen LogP contribution is 2.44. The van der Waals surface area contributed by atoms with Crippen molar-refractivity contribution in [2.24, 2.45) is 0 Å². The van der Waals surface area contributed by atoms with Crippen LogP contribution in [0.5, 0.6) is 11.5 Å². The van der Waals surface area contributed by atoms with Gasteiger partial charge in [0, 0.05) is 21.5 Å². The maximum absolute atomic E-state index is 12.3. The number of esters is 2. The summed E-state index contributed by atoms with van der Waals surface area (Å²) in [5, 5.41) is 3.33. The first-order chi connectivity index (χ1) is 16.3. The van der Waals surface area contributed by atoms with Crippen LogP contribution in [0.25, 0.3) is 21.5 Å². The summed E-state index contributed by atoms with van der Waals surface area (Å²) < 4.78 is 22.7. The van der Waals surface area contributed by atoms with Crippen molar-refractivity contribution in [3.8, 4) is 11.5 Å². The molecule has 3 aromatic carbocycles. The first kappa shape index (κ1) is 25.3. The molecule has 0 N–H and O–H groups in total. The molecule has 34 heavy (non-hydrogen) atoms. The molecule has 6 heteroatoms. The minimum absolute atomic E-state index is 0.194. The van der Waals surface area contributed by atoms with Gasteiger partial charge < -0.3 is 18.9 Å². The molecule has 0 aliphatic carbocycles. The van der Waals surface area contributed by atoms with Gasteiger partial charge in [-0.3, -0.25) is 0 Å². The Kier molecular flexibility index (Phi) is 8.74. The van der Waals surface area contributed by atoms with E-state index < -0.39 is 11.9 Å². The maximum atomic E-state index is 12.3. The molecule has 3 aromatic rings. The van der Waals surface area contributed by atoms with Crippen LogP contribution in [0.1, 0.15) is 53.0 Å². The molecule has 0 saturated carbocycles. The largest absolute Gasteiger partial charge is 0.481 e. The number of fused-ring (bicyclic) bond motifs is 2. The second-order valence-electron chi connectivity index (χ2n) is 8.80.